The van der Waals surface area contributed by atoms with Gasteiger partial charge in [-0.25, -0.2) is 9.97 Å². The molecule has 106 valence electrons. The van der Waals surface area contributed by atoms with Crippen LogP contribution in [0.15, 0.2) is 41.1 Å². The van der Waals surface area contributed by atoms with Gasteiger partial charge in [-0.3, -0.25) is 0 Å². The second-order valence-corrected chi connectivity index (χ2v) is 5.02. The predicted molar refractivity (Wildman–Crippen MR) is 81.0 cm³/mol. The molecule has 2 rings (SSSR count). The number of ether oxygens (including phenoxy) is 2. The van der Waals surface area contributed by atoms with Crippen molar-refractivity contribution >= 4 is 21.9 Å². The number of methoxy groups -OCH3 is 2. The van der Waals surface area contributed by atoms with Crippen LogP contribution in [0.25, 0.3) is 0 Å². The minimum absolute atomic E-state index is 0.0997. The molecule has 0 aliphatic heterocycles. The van der Waals surface area contributed by atoms with Gasteiger partial charge in [0.1, 0.15) is 5.75 Å². The molecule has 6 heteroatoms. The summed E-state index contributed by atoms with van der Waals surface area (Å²) in [7, 11) is 3.32. The maximum Gasteiger partial charge on any atom is 0.222 e. The third-order valence-corrected chi connectivity index (χ3v) is 3.23. The fourth-order valence-electron chi connectivity index (χ4n) is 1.77. The summed E-state index contributed by atoms with van der Waals surface area (Å²) in [6, 6.07) is 7.80. The summed E-state index contributed by atoms with van der Waals surface area (Å²) < 4.78 is 11.6. The standard InChI is InChI=1S/C14H16BrN3O2/c1-19-12-5-3-4-10(6-12)13(20-2)9-18-14-16-7-11(15)8-17-14/h3-8,13H,9H2,1-2H3,(H,16,17,18). The summed E-state index contributed by atoms with van der Waals surface area (Å²) in [5.74, 6) is 1.38. The van der Waals surface area contributed by atoms with Crippen molar-refractivity contribution < 1.29 is 9.47 Å². The van der Waals surface area contributed by atoms with Gasteiger partial charge in [0.05, 0.1) is 17.7 Å². The molecule has 1 unspecified atom stereocenters. The Balaban J connectivity index is 2.03. The average Bonchev–Trinajstić information content (AvgIpc) is 2.50. The second kappa shape index (κ2) is 7.21. The number of anilines is 1. The van der Waals surface area contributed by atoms with Gasteiger partial charge in [0.25, 0.3) is 0 Å². The van der Waals surface area contributed by atoms with Gasteiger partial charge in [-0.2, -0.15) is 0 Å². The Morgan fingerprint density at radius 2 is 2.00 bits per heavy atom. The van der Waals surface area contributed by atoms with Gasteiger partial charge in [0.15, 0.2) is 0 Å². The first-order chi connectivity index (χ1) is 9.72. The molecule has 1 atom stereocenters. The van der Waals surface area contributed by atoms with Gasteiger partial charge in [-0.1, -0.05) is 12.1 Å². The highest BCUT2D eigenvalue weighted by atomic mass is 79.9. The number of nitrogens with one attached hydrogen (secondary N) is 1. The minimum Gasteiger partial charge on any atom is -0.497 e. The van der Waals surface area contributed by atoms with Crippen LogP contribution in [0.3, 0.4) is 0 Å². The smallest absolute Gasteiger partial charge is 0.222 e. The minimum atomic E-state index is -0.0997. The Morgan fingerprint density at radius 3 is 2.65 bits per heavy atom. The zero-order valence-corrected chi connectivity index (χ0v) is 12.9. The van der Waals surface area contributed by atoms with E-state index in [1.54, 1.807) is 26.6 Å². The molecule has 1 N–H and O–H groups in total. The normalized spacial score (nSPS) is 11.9. The van der Waals surface area contributed by atoms with Crippen LogP contribution in [0.1, 0.15) is 11.7 Å². The van der Waals surface area contributed by atoms with Crippen LogP contribution in [0, 0.1) is 0 Å². The Bertz CT molecular complexity index is 548. The topological polar surface area (TPSA) is 56.3 Å². The highest BCUT2D eigenvalue weighted by Crippen LogP contribution is 2.21. The molecule has 0 fully saturated rings. The molecule has 1 aromatic heterocycles. The van der Waals surface area contributed by atoms with E-state index in [9.17, 15) is 0 Å². The van der Waals surface area contributed by atoms with Crippen molar-refractivity contribution in [3.8, 4) is 5.75 Å². The zero-order valence-electron chi connectivity index (χ0n) is 11.3. The van der Waals surface area contributed by atoms with E-state index >= 15 is 0 Å². The van der Waals surface area contributed by atoms with E-state index in [0.717, 1.165) is 15.8 Å². The van der Waals surface area contributed by atoms with E-state index in [1.807, 2.05) is 24.3 Å². The van der Waals surface area contributed by atoms with E-state index < -0.39 is 0 Å². The molecule has 20 heavy (non-hydrogen) atoms. The Hall–Kier alpha value is -1.66. The molecule has 1 aromatic carbocycles. The van der Waals surface area contributed by atoms with Gasteiger partial charge in [0.2, 0.25) is 5.95 Å². The largest absolute Gasteiger partial charge is 0.497 e. The maximum absolute atomic E-state index is 5.50. The van der Waals surface area contributed by atoms with E-state index in [1.165, 1.54) is 0 Å². The number of rotatable bonds is 6. The molecule has 0 spiro atoms. The lowest BCUT2D eigenvalue weighted by molar-refractivity contribution is 0.114. The first kappa shape index (κ1) is 14.7. The summed E-state index contributed by atoms with van der Waals surface area (Å²) in [6.45, 7) is 0.575. The molecule has 0 bridgehead atoms. The number of benzene rings is 1. The molecule has 0 aliphatic rings. The quantitative estimate of drug-likeness (QED) is 0.877. The van der Waals surface area contributed by atoms with Crippen molar-refractivity contribution in [1.82, 2.24) is 9.97 Å². The van der Waals surface area contributed by atoms with Crippen LogP contribution in [0.4, 0.5) is 5.95 Å². The lowest BCUT2D eigenvalue weighted by Crippen LogP contribution is -2.15. The van der Waals surface area contributed by atoms with Crippen molar-refractivity contribution in [3.63, 3.8) is 0 Å². The van der Waals surface area contributed by atoms with Crippen molar-refractivity contribution in [2.45, 2.75) is 6.10 Å². The third-order valence-electron chi connectivity index (χ3n) is 2.82. The molecule has 2 aromatic rings. The fourth-order valence-corrected chi connectivity index (χ4v) is 1.97. The number of aromatic nitrogens is 2. The SMILES string of the molecule is COc1cccc(C(CNc2ncc(Br)cn2)OC)c1. The lowest BCUT2D eigenvalue weighted by Gasteiger charge is -2.17. The van der Waals surface area contributed by atoms with E-state index in [2.05, 4.69) is 31.2 Å². The maximum atomic E-state index is 5.50. The molecule has 0 radical (unpaired) electrons. The first-order valence-electron chi connectivity index (χ1n) is 6.11. The van der Waals surface area contributed by atoms with Crippen LogP contribution in [0.2, 0.25) is 0 Å². The molecular weight excluding hydrogens is 322 g/mol. The van der Waals surface area contributed by atoms with Crippen LogP contribution in [-0.2, 0) is 4.74 Å². The fraction of sp³-hybridized carbons (Fsp3) is 0.286. The summed E-state index contributed by atoms with van der Waals surface area (Å²) in [4.78, 5) is 8.33. The molecular formula is C14H16BrN3O2. The lowest BCUT2D eigenvalue weighted by atomic mass is 10.1. The first-order valence-corrected chi connectivity index (χ1v) is 6.90. The molecule has 0 saturated carbocycles. The summed E-state index contributed by atoms with van der Waals surface area (Å²) >= 11 is 3.30. The van der Waals surface area contributed by atoms with E-state index in [-0.39, 0.29) is 6.10 Å². The van der Waals surface area contributed by atoms with Crippen LogP contribution in [-0.4, -0.2) is 30.7 Å². The Kier molecular flexibility index (Phi) is 5.31. The number of hydrogen-bond acceptors (Lipinski definition) is 5. The van der Waals surface area contributed by atoms with Gasteiger partial charge in [-0.05, 0) is 33.6 Å². The van der Waals surface area contributed by atoms with Crippen LogP contribution in [0.5, 0.6) is 5.75 Å². The highest BCUT2D eigenvalue weighted by Gasteiger charge is 2.11. The number of nitrogens with zero attached hydrogens (tertiary/aromatic N) is 2. The zero-order chi connectivity index (χ0) is 14.4. The third kappa shape index (κ3) is 3.91. The summed E-state index contributed by atoms with van der Waals surface area (Å²) in [5.41, 5.74) is 1.04. The summed E-state index contributed by atoms with van der Waals surface area (Å²) in [5, 5.41) is 3.15. The Morgan fingerprint density at radius 1 is 1.25 bits per heavy atom. The highest BCUT2D eigenvalue weighted by molar-refractivity contribution is 9.10. The number of halogens is 1. The van der Waals surface area contributed by atoms with Crippen molar-refractivity contribution in [1.29, 1.82) is 0 Å². The predicted octanol–water partition coefficient (Wildman–Crippen LogP) is 3.05. The monoisotopic (exact) mass is 337 g/mol. The van der Waals surface area contributed by atoms with Crippen molar-refractivity contribution in [2.75, 3.05) is 26.1 Å². The second-order valence-electron chi connectivity index (χ2n) is 4.11. The van der Waals surface area contributed by atoms with Gasteiger partial charge in [0, 0.05) is 26.0 Å². The van der Waals surface area contributed by atoms with Crippen molar-refractivity contribution in [2.24, 2.45) is 0 Å². The molecule has 1 heterocycles. The van der Waals surface area contributed by atoms with E-state index in [0.29, 0.717) is 12.5 Å². The molecule has 0 saturated heterocycles. The van der Waals surface area contributed by atoms with Crippen molar-refractivity contribution in [3.05, 3.63) is 46.7 Å². The van der Waals surface area contributed by atoms with Gasteiger partial charge >= 0.3 is 0 Å². The van der Waals surface area contributed by atoms with Gasteiger partial charge < -0.3 is 14.8 Å². The number of hydrogen-bond donors (Lipinski definition) is 1. The molecule has 0 aliphatic carbocycles. The van der Waals surface area contributed by atoms with Crippen LogP contribution >= 0.6 is 15.9 Å². The molecule has 5 nitrogen and oxygen atoms in total. The van der Waals surface area contributed by atoms with E-state index in [4.69, 9.17) is 9.47 Å². The summed E-state index contributed by atoms with van der Waals surface area (Å²) in [6.07, 6.45) is 3.29. The average molecular weight is 338 g/mol. The Labute approximate surface area is 126 Å². The van der Waals surface area contributed by atoms with Gasteiger partial charge in [-0.15, -0.1) is 0 Å². The van der Waals surface area contributed by atoms with Crippen LogP contribution < -0.4 is 10.1 Å². The molecule has 0 amide bonds.